The summed E-state index contributed by atoms with van der Waals surface area (Å²) in [6.45, 7) is 0.862. The lowest BCUT2D eigenvalue weighted by molar-refractivity contribution is 0.268. The molecule has 0 amide bonds. The molecule has 2 aromatic carbocycles. The number of hydrogen-bond donors (Lipinski definition) is 0. The van der Waals surface area contributed by atoms with Gasteiger partial charge in [-0.1, -0.05) is 60.7 Å². The van der Waals surface area contributed by atoms with Gasteiger partial charge in [0, 0.05) is 16.7 Å². The first-order valence-corrected chi connectivity index (χ1v) is 10.0. The fourth-order valence-corrected chi connectivity index (χ4v) is 3.04. The summed E-state index contributed by atoms with van der Waals surface area (Å²) >= 11 is 3.42. The van der Waals surface area contributed by atoms with Gasteiger partial charge in [0.1, 0.15) is 13.2 Å². The van der Waals surface area contributed by atoms with E-state index in [4.69, 9.17) is 9.47 Å². The van der Waals surface area contributed by atoms with Crippen LogP contribution in [0.15, 0.2) is 95.6 Å². The van der Waals surface area contributed by atoms with Crippen molar-refractivity contribution in [3.05, 3.63) is 107 Å². The first-order valence-electron chi connectivity index (χ1n) is 9.24. The van der Waals surface area contributed by atoms with Gasteiger partial charge in [0.15, 0.2) is 0 Å². The van der Waals surface area contributed by atoms with Crippen molar-refractivity contribution in [2.45, 2.75) is 13.2 Å². The van der Waals surface area contributed by atoms with Crippen molar-refractivity contribution in [1.82, 2.24) is 9.97 Å². The maximum absolute atomic E-state index is 6.06. The van der Waals surface area contributed by atoms with Crippen molar-refractivity contribution >= 4 is 15.9 Å². The predicted molar refractivity (Wildman–Crippen MR) is 117 cm³/mol. The average molecular weight is 447 g/mol. The maximum Gasteiger partial charge on any atom is 0.226 e. The van der Waals surface area contributed by atoms with Crippen LogP contribution in [-0.4, -0.2) is 9.97 Å². The van der Waals surface area contributed by atoms with E-state index in [0.29, 0.717) is 25.0 Å². The van der Waals surface area contributed by atoms with Gasteiger partial charge in [-0.05, 0) is 45.3 Å². The maximum atomic E-state index is 6.06. The van der Waals surface area contributed by atoms with Gasteiger partial charge in [-0.25, -0.2) is 0 Å². The molecule has 0 N–H and O–H groups in total. The lowest BCUT2D eigenvalue weighted by Crippen LogP contribution is -2.02. The van der Waals surface area contributed by atoms with Gasteiger partial charge in [0.25, 0.3) is 0 Å². The Kier molecular flexibility index (Phi) is 6.17. The summed E-state index contributed by atoms with van der Waals surface area (Å²) in [7, 11) is 0. The molecule has 0 unspecified atom stereocenters. The molecular formula is C24H19BrN2O2. The highest BCUT2D eigenvalue weighted by Crippen LogP contribution is 2.30. The highest BCUT2D eigenvalue weighted by atomic mass is 79.9. The normalized spacial score (nSPS) is 10.5. The summed E-state index contributed by atoms with van der Waals surface area (Å²) in [4.78, 5) is 9.09. The van der Waals surface area contributed by atoms with Crippen LogP contribution in [0.2, 0.25) is 0 Å². The SMILES string of the molecule is Brc1ccc(-c2ccc(OCc3ccccc3)nc2OCc2ccccc2)nc1. The first-order chi connectivity index (χ1) is 14.3. The summed E-state index contributed by atoms with van der Waals surface area (Å²) in [5.74, 6) is 1.01. The van der Waals surface area contributed by atoms with E-state index in [2.05, 4.69) is 25.9 Å². The Bertz CT molecular complexity index is 1060. The summed E-state index contributed by atoms with van der Waals surface area (Å²) in [5.41, 5.74) is 3.76. The first kappa shape index (κ1) is 19.2. The van der Waals surface area contributed by atoms with Crippen LogP contribution in [0.25, 0.3) is 11.3 Å². The minimum atomic E-state index is 0.416. The largest absolute Gasteiger partial charge is 0.473 e. The van der Waals surface area contributed by atoms with E-state index in [1.807, 2.05) is 84.9 Å². The highest BCUT2D eigenvalue weighted by molar-refractivity contribution is 9.10. The van der Waals surface area contributed by atoms with E-state index in [1.165, 1.54) is 0 Å². The fourth-order valence-electron chi connectivity index (χ4n) is 2.80. The molecule has 2 aromatic heterocycles. The van der Waals surface area contributed by atoms with E-state index in [9.17, 15) is 0 Å². The van der Waals surface area contributed by atoms with Gasteiger partial charge < -0.3 is 9.47 Å². The van der Waals surface area contributed by atoms with Crippen LogP contribution in [0.4, 0.5) is 0 Å². The zero-order chi connectivity index (χ0) is 19.9. The molecule has 0 radical (unpaired) electrons. The number of rotatable bonds is 7. The number of pyridine rings is 2. The summed E-state index contributed by atoms with van der Waals surface area (Å²) < 4.78 is 12.9. The standard InChI is InChI=1S/C24H19BrN2O2/c25-20-11-13-22(26-15-20)21-12-14-23(28-16-18-7-3-1-4-8-18)27-24(21)29-17-19-9-5-2-6-10-19/h1-15H,16-17H2. The Morgan fingerprint density at radius 3 is 1.97 bits per heavy atom. The van der Waals surface area contributed by atoms with Gasteiger partial charge in [0.2, 0.25) is 11.8 Å². The molecule has 4 rings (SSSR count). The molecule has 0 spiro atoms. The summed E-state index contributed by atoms with van der Waals surface area (Å²) in [6, 6.07) is 27.7. The van der Waals surface area contributed by atoms with Gasteiger partial charge in [-0.2, -0.15) is 4.98 Å². The lowest BCUT2D eigenvalue weighted by atomic mass is 10.2. The second kappa shape index (κ2) is 9.34. The predicted octanol–water partition coefficient (Wildman–Crippen LogP) is 6.06. The summed E-state index contributed by atoms with van der Waals surface area (Å²) in [6.07, 6.45) is 1.76. The Morgan fingerprint density at radius 1 is 0.690 bits per heavy atom. The smallest absolute Gasteiger partial charge is 0.226 e. The topological polar surface area (TPSA) is 44.2 Å². The highest BCUT2D eigenvalue weighted by Gasteiger charge is 2.12. The lowest BCUT2D eigenvalue weighted by Gasteiger charge is -2.13. The van der Waals surface area contributed by atoms with Crippen molar-refractivity contribution in [3.63, 3.8) is 0 Å². The number of halogens is 1. The monoisotopic (exact) mass is 446 g/mol. The van der Waals surface area contributed by atoms with E-state index in [0.717, 1.165) is 26.9 Å². The zero-order valence-corrected chi connectivity index (χ0v) is 17.2. The second-order valence-electron chi connectivity index (χ2n) is 6.41. The third-order valence-corrected chi connectivity index (χ3v) is 4.76. The van der Waals surface area contributed by atoms with Crippen LogP contribution in [0.5, 0.6) is 11.8 Å². The number of hydrogen-bond acceptors (Lipinski definition) is 4. The molecule has 0 aliphatic rings. The van der Waals surface area contributed by atoms with E-state index in [1.54, 1.807) is 6.20 Å². The molecule has 0 fully saturated rings. The zero-order valence-electron chi connectivity index (χ0n) is 15.7. The Hall–Kier alpha value is -3.18. The van der Waals surface area contributed by atoms with Gasteiger partial charge in [-0.3, -0.25) is 4.98 Å². The molecule has 5 heteroatoms. The molecule has 29 heavy (non-hydrogen) atoms. The molecule has 0 aliphatic heterocycles. The minimum absolute atomic E-state index is 0.416. The second-order valence-corrected chi connectivity index (χ2v) is 7.33. The number of aromatic nitrogens is 2. The average Bonchev–Trinajstić information content (AvgIpc) is 2.78. The molecule has 0 atom stereocenters. The van der Waals surface area contributed by atoms with Crippen molar-refractivity contribution in [2.24, 2.45) is 0 Å². The molecule has 144 valence electrons. The molecule has 4 nitrogen and oxygen atoms in total. The molecular weight excluding hydrogens is 428 g/mol. The minimum Gasteiger partial charge on any atom is -0.473 e. The van der Waals surface area contributed by atoms with Crippen LogP contribution in [0, 0.1) is 0 Å². The molecule has 0 saturated carbocycles. The van der Waals surface area contributed by atoms with Crippen molar-refractivity contribution in [1.29, 1.82) is 0 Å². The molecule has 2 heterocycles. The Balaban J connectivity index is 1.58. The van der Waals surface area contributed by atoms with Crippen LogP contribution in [0.3, 0.4) is 0 Å². The van der Waals surface area contributed by atoms with Crippen molar-refractivity contribution in [2.75, 3.05) is 0 Å². The number of benzene rings is 2. The summed E-state index contributed by atoms with van der Waals surface area (Å²) in [5, 5.41) is 0. The van der Waals surface area contributed by atoms with Crippen LogP contribution in [0.1, 0.15) is 11.1 Å². The van der Waals surface area contributed by atoms with Crippen molar-refractivity contribution < 1.29 is 9.47 Å². The molecule has 0 saturated heterocycles. The van der Waals surface area contributed by atoms with Gasteiger partial charge in [-0.15, -0.1) is 0 Å². The third-order valence-electron chi connectivity index (χ3n) is 4.29. The van der Waals surface area contributed by atoms with Crippen LogP contribution >= 0.6 is 15.9 Å². The van der Waals surface area contributed by atoms with Crippen molar-refractivity contribution in [3.8, 4) is 23.0 Å². The van der Waals surface area contributed by atoms with Crippen LogP contribution < -0.4 is 9.47 Å². The molecule has 0 bridgehead atoms. The quantitative estimate of drug-likeness (QED) is 0.345. The number of nitrogens with zero attached hydrogens (tertiary/aromatic N) is 2. The Morgan fingerprint density at radius 2 is 1.34 bits per heavy atom. The molecule has 4 aromatic rings. The van der Waals surface area contributed by atoms with Gasteiger partial charge in [0.05, 0.1) is 11.3 Å². The van der Waals surface area contributed by atoms with E-state index in [-0.39, 0.29) is 0 Å². The Labute approximate surface area is 178 Å². The van der Waals surface area contributed by atoms with E-state index < -0.39 is 0 Å². The van der Waals surface area contributed by atoms with Crippen LogP contribution in [-0.2, 0) is 13.2 Å². The molecule has 0 aliphatic carbocycles. The van der Waals surface area contributed by atoms with Gasteiger partial charge >= 0.3 is 0 Å². The third kappa shape index (κ3) is 5.21. The fraction of sp³-hybridized carbons (Fsp3) is 0.0833. The van der Waals surface area contributed by atoms with E-state index >= 15 is 0 Å². The number of ether oxygens (including phenoxy) is 2.